The number of aliphatic hydroxyl groups is 1. The van der Waals surface area contributed by atoms with Gasteiger partial charge in [0, 0.05) is 23.8 Å². The molecule has 2 aromatic rings. The van der Waals surface area contributed by atoms with Gasteiger partial charge in [-0.25, -0.2) is 0 Å². The van der Waals surface area contributed by atoms with Crippen LogP contribution in [0.2, 0.25) is 0 Å². The Morgan fingerprint density at radius 3 is 2.94 bits per heavy atom. The van der Waals surface area contributed by atoms with Crippen molar-refractivity contribution in [3.63, 3.8) is 0 Å². The first-order valence-electron chi connectivity index (χ1n) is 6.21. The van der Waals surface area contributed by atoms with E-state index in [9.17, 15) is 0 Å². The Morgan fingerprint density at radius 2 is 2.17 bits per heavy atom. The zero-order valence-corrected chi connectivity index (χ0v) is 11.5. The highest BCUT2D eigenvalue weighted by Crippen LogP contribution is 2.25. The predicted octanol–water partition coefficient (Wildman–Crippen LogP) is 1.70. The van der Waals surface area contributed by atoms with E-state index in [1.807, 2.05) is 7.05 Å². The smallest absolute Gasteiger partial charge is 0.0595 e. The van der Waals surface area contributed by atoms with Gasteiger partial charge >= 0.3 is 0 Å². The third-order valence-electron chi connectivity index (χ3n) is 3.10. The number of hydrogen-bond donors (Lipinski definition) is 2. The zero-order valence-electron chi connectivity index (χ0n) is 10.7. The molecule has 0 aliphatic heterocycles. The summed E-state index contributed by atoms with van der Waals surface area (Å²) < 4.78 is 1.35. The lowest BCUT2D eigenvalue weighted by atomic mass is 10.1. The van der Waals surface area contributed by atoms with Crippen molar-refractivity contribution in [2.24, 2.45) is 5.73 Å². The number of benzene rings is 1. The summed E-state index contributed by atoms with van der Waals surface area (Å²) in [6.45, 7) is 1.75. The summed E-state index contributed by atoms with van der Waals surface area (Å²) in [4.78, 5) is 2.17. The standard InChI is InChI=1S/C14H20N2OS/c1-16(8-12(15)9-17)7-6-11-10-18-14-5-3-2-4-13(11)14/h2-5,10,12,17H,6-9,15H2,1H3. The summed E-state index contributed by atoms with van der Waals surface area (Å²) in [5.74, 6) is 0. The van der Waals surface area contributed by atoms with E-state index in [2.05, 4.69) is 34.5 Å². The Kier molecular flexibility index (Phi) is 4.72. The number of hydrogen-bond acceptors (Lipinski definition) is 4. The first kappa shape index (κ1) is 13.5. The summed E-state index contributed by atoms with van der Waals surface area (Å²) in [6.07, 6.45) is 1.03. The van der Waals surface area contributed by atoms with Crippen molar-refractivity contribution in [2.75, 3.05) is 26.7 Å². The van der Waals surface area contributed by atoms with E-state index < -0.39 is 0 Å². The van der Waals surface area contributed by atoms with Crippen LogP contribution in [0.4, 0.5) is 0 Å². The summed E-state index contributed by atoms with van der Waals surface area (Å²) in [5, 5.41) is 12.5. The Bertz CT molecular complexity index is 497. The minimum atomic E-state index is -0.144. The van der Waals surface area contributed by atoms with Crippen LogP contribution in [0.15, 0.2) is 29.6 Å². The van der Waals surface area contributed by atoms with Gasteiger partial charge in [-0.15, -0.1) is 11.3 Å². The maximum Gasteiger partial charge on any atom is 0.0595 e. The van der Waals surface area contributed by atoms with E-state index in [1.165, 1.54) is 15.6 Å². The Balaban J connectivity index is 1.94. The van der Waals surface area contributed by atoms with Crippen LogP contribution in [-0.4, -0.2) is 42.8 Å². The third-order valence-corrected chi connectivity index (χ3v) is 4.12. The van der Waals surface area contributed by atoms with Gasteiger partial charge in [0.15, 0.2) is 0 Å². The van der Waals surface area contributed by atoms with Crippen molar-refractivity contribution in [3.8, 4) is 0 Å². The van der Waals surface area contributed by atoms with Crippen LogP contribution in [-0.2, 0) is 6.42 Å². The summed E-state index contributed by atoms with van der Waals surface area (Å²) >= 11 is 1.80. The van der Waals surface area contributed by atoms with E-state index in [0.29, 0.717) is 0 Å². The molecule has 0 saturated carbocycles. The molecule has 0 bridgehead atoms. The number of thiophene rings is 1. The number of rotatable bonds is 6. The molecule has 1 aromatic carbocycles. The highest BCUT2D eigenvalue weighted by Gasteiger charge is 2.07. The molecule has 0 saturated heterocycles. The highest BCUT2D eigenvalue weighted by atomic mass is 32.1. The zero-order chi connectivity index (χ0) is 13.0. The summed E-state index contributed by atoms with van der Waals surface area (Å²) in [6, 6.07) is 8.36. The molecule has 1 aromatic heterocycles. The van der Waals surface area contributed by atoms with Gasteiger partial charge in [-0.1, -0.05) is 18.2 Å². The van der Waals surface area contributed by atoms with E-state index >= 15 is 0 Å². The number of fused-ring (bicyclic) bond motifs is 1. The van der Waals surface area contributed by atoms with Crippen LogP contribution in [0.1, 0.15) is 5.56 Å². The second kappa shape index (κ2) is 6.29. The lowest BCUT2D eigenvalue weighted by molar-refractivity contribution is 0.223. The topological polar surface area (TPSA) is 49.5 Å². The molecular weight excluding hydrogens is 244 g/mol. The summed E-state index contributed by atoms with van der Waals surface area (Å²) in [7, 11) is 2.05. The largest absolute Gasteiger partial charge is 0.395 e. The van der Waals surface area contributed by atoms with Crippen LogP contribution in [0.5, 0.6) is 0 Å². The van der Waals surface area contributed by atoms with Gasteiger partial charge in [-0.2, -0.15) is 0 Å². The normalized spacial score (nSPS) is 13.3. The fourth-order valence-corrected chi connectivity index (χ4v) is 3.08. The molecule has 0 aliphatic carbocycles. The van der Waals surface area contributed by atoms with E-state index in [0.717, 1.165) is 19.5 Å². The quantitative estimate of drug-likeness (QED) is 0.835. The van der Waals surface area contributed by atoms with Crippen molar-refractivity contribution in [3.05, 3.63) is 35.2 Å². The SMILES string of the molecule is CN(CCc1csc2ccccc12)CC(N)CO. The molecule has 0 amide bonds. The highest BCUT2D eigenvalue weighted by molar-refractivity contribution is 7.17. The molecule has 0 fully saturated rings. The molecule has 1 unspecified atom stereocenters. The monoisotopic (exact) mass is 264 g/mol. The lowest BCUT2D eigenvalue weighted by Crippen LogP contribution is -2.38. The van der Waals surface area contributed by atoms with Gasteiger partial charge in [0.1, 0.15) is 0 Å². The second-order valence-corrected chi connectivity index (χ2v) is 5.62. The number of nitrogens with zero attached hydrogens (tertiary/aromatic N) is 1. The molecule has 3 nitrogen and oxygen atoms in total. The summed E-state index contributed by atoms with van der Waals surface area (Å²) in [5.41, 5.74) is 7.13. The molecule has 4 heteroatoms. The molecule has 0 spiro atoms. The molecule has 3 N–H and O–H groups in total. The maximum absolute atomic E-state index is 8.93. The van der Waals surface area contributed by atoms with Gasteiger partial charge in [0.2, 0.25) is 0 Å². The van der Waals surface area contributed by atoms with Crippen LogP contribution in [0, 0.1) is 0 Å². The fourth-order valence-electron chi connectivity index (χ4n) is 2.09. The average molecular weight is 264 g/mol. The van der Waals surface area contributed by atoms with Crippen LogP contribution in [0.25, 0.3) is 10.1 Å². The first-order valence-corrected chi connectivity index (χ1v) is 7.08. The molecule has 1 atom stereocenters. The number of nitrogens with two attached hydrogens (primary N) is 1. The van der Waals surface area contributed by atoms with Crippen LogP contribution < -0.4 is 5.73 Å². The van der Waals surface area contributed by atoms with Gasteiger partial charge in [0.05, 0.1) is 6.61 Å². The van der Waals surface area contributed by atoms with Gasteiger partial charge < -0.3 is 15.7 Å². The fraction of sp³-hybridized carbons (Fsp3) is 0.429. The minimum absolute atomic E-state index is 0.0473. The van der Waals surface area contributed by atoms with Gasteiger partial charge in [-0.3, -0.25) is 0 Å². The molecular formula is C14H20N2OS. The Hall–Kier alpha value is -0.940. The number of aliphatic hydroxyl groups excluding tert-OH is 1. The molecule has 2 rings (SSSR count). The molecule has 98 valence electrons. The van der Waals surface area contributed by atoms with Crippen LogP contribution >= 0.6 is 11.3 Å². The van der Waals surface area contributed by atoms with Crippen molar-refractivity contribution in [2.45, 2.75) is 12.5 Å². The molecule has 1 heterocycles. The average Bonchev–Trinajstić information content (AvgIpc) is 2.79. The minimum Gasteiger partial charge on any atom is -0.395 e. The molecule has 0 aliphatic rings. The van der Waals surface area contributed by atoms with E-state index in [-0.39, 0.29) is 12.6 Å². The molecule has 18 heavy (non-hydrogen) atoms. The lowest BCUT2D eigenvalue weighted by Gasteiger charge is -2.19. The van der Waals surface area contributed by atoms with Crippen molar-refractivity contribution in [1.82, 2.24) is 4.90 Å². The van der Waals surface area contributed by atoms with E-state index in [4.69, 9.17) is 10.8 Å². The molecule has 0 radical (unpaired) electrons. The van der Waals surface area contributed by atoms with Gasteiger partial charge in [0.25, 0.3) is 0 Å². The van der Waals surface area contributed by atoms with Crippen molar-refractivity contribution in [1.29, 1.82) is 0 Å². The first-order chi connectivity index (χ1) is 8.70. The second-order valence-electron chi connectivity index (χ2n) is 4.71. The number of likely N-dealkylation sites (N-methyl/N-ethyl adjacent to an activating group) is 1. The Labute approximate surface area is 112 Å². The van der Waals surface area contributed by atoms with Gasteiger partial charge in [-0.05, 0) is 35.9 Å². The van der Waals surface area contributed by atoms with Crippen molar-refractivity contribution < 1.29 is 5.11 Å². The third kappa shape index (κ3) is 3.29. The predicted molar refractivity (Wildman–Crippen MR) is 78.1 cm³/mol. The Morgan fingerprint density at radius 1 is 1.39 bits per heavy atom. The van der Waals surface area contributed by atoms with Crippen LogP contribution in [0.3, 0.4) is 0 Å². The van der Waals surface area contributed by atoms with Crippen molar-refractivity contribution >= 4 is 21.4 Å². The maximum atomic E-state index is 8.93. The van der Waals surface area contributed by atoms with E-state index in [1.54, 1.807) is 11.3 Å².